The van der Waals surface area contributed by atoms with E-state index in [1.54, 1.807) is 0 Å². The van der Waals surface area contributed by atoms with Gasteiger partial charge >= 0.3 is 0 Å². The normalized spacial score (nSPS) is 16.5. The van der Waals surface area contributed by atoms with Crippen molar-refractivity contribution in [3.8, 4) is 0 Å². The van der Waals surface area contributed by atoms with E-state index in [1.807, 2.05) is 0 Å². The smallest absolute Gasteiger partial charge is 0.151 e. The fraction of sp³-hybridized carbons (Fsp3) is 0.944. The number of aliphatic hydroxyl groups is 4. The summed E-state index contributed by atoms with van der Waals surface area (Å²) < 4.78 is 5.27. The fourth-order valence-electron chi connectivity index (χ4n) is 2.56. The van der Waals surface area contributed by atoms with Crippen molar-refractivity contribution in [1.82, 2.24) is 0 Å². The first-order chi connectivity index (χ1) is 11.6. The minimum atomic E-state index is -1.61. The van der Waals surface area contributed by atoms with Crippen LogP contribution in [0.1, 0.15) is 71.1 Å². The van der Waals surface area contributed by atoms with Crippen LogP contribution in [0.4, 0.5) is 0 Å². The highest BCUT2D eigenvalue weighted by Gasteiger charge is 2.31. The Morgan fingerprint density at radius 2 is 1.33 bits per heavy atom. The van der Waals surface area contributed by atoms with Crippen LogP contribution in [0, 0.1) is 0 Å². The van der Waals surface area contributed by atoms with Gasteiger partial charge in [0.2, 0.25) is 0 Å². The van der Waals surface area contributed by atoms with E-state index in [-0.39, 0.29) is 0 Å². The Labute approximate surface area is 145 Å². The maximum absolute atomic E-state index is 10.9. The van der Waals surface area contributed by atoms with Crippen LogP contribution in [0.2, 0.25) is 0 Å². The van der Waals surface area contributed by atoms with Gasteiger partial charge in [-0.25, -0.2) is 0 Å². The zero-order chi connectivity index (χ0) is 18.2. The van der Waals surface area contributed by atoms with Gasteiger partial charge in [-0.2, -0.15) is 0 Å². The molecule has 144 valence electrons. The third-order valence-corrected chi connectivity index (χ3v) is 4.21. The molecule has 0 unspecified atom stereocenters. The summed E-state index contributed by atoms with van der Waals surface area (Å²) in [7, 11) is 0. The van der Waals surface area contributed by atoms with Crippen molar-refractivity contribution in [2.75, 3.05) is 13.2 Å². The molecule has 6 nitrogen and oxygen atoms in total. The minimum Gasteiger partial charge on any atom is -0.394 e. The molecule has 4 atom stereocenters. The first-order valence-corrected chi connectivity index (χ1v) is 9.30. The SMILES string of the molecule is CCCCCCCCCCCCO[C@H](C=O)[C@@H](O)[C@H](O)[C@H](O)CO. The molecular formula is C18H36O6. The molecule has 0 fully saturated rings. The third kappa shape index (κ3) is 11.1. The second kappa shape index (κ2) is 16.0. The van der Waals surface area contributed by atoms with Gasteiger partial charge in [0.1, 0.15) is 24.4 Å². The van der Waals surface area contributed by atoms with E-state index in [9.17, 15) is 20.1 Å². The predicted molar refractivity (Wildman–Crippen MR) is 92.8 cm³/mol. The van der Waals surface area contributed by atoms with E-state index < -0.39 is 31.0 Å². The average molecular weight is 348 g/mol. The van der Waals surface area contributed by atoms with Gasteiger partial charge in [0.15, 0.2) is 6.29 Å². The van der Waals surface area contributed by atoms with E-state index in [0.29, 0.717) is 12.9 Å². The maximum Gasteiger partial charge on any atom is 0.151 e. The Balaban J connectivity index is 3.65. The largest absolute Gasteiger partial charge is 0.394 e. The first-order valence-electron chi connectivity index (χ1n) is 9.30. The summed E-state index contributed by atoms with van der Waals surface area (Å²) in [5, 5.41) is 37.3. The van der Waals surface area contributed by atoms with E-state index in [4.69, 9.17) is 9.84 Å². The highest BCUT2D eigenvalue weighted by Crippen LogP contribution is 2.11. The second-order valence-electron chi connectivity index (χ2n) is 6.38. The Morgan fingerprint density at radius 1 is 0.833 bits per heavy atom. The summed E-state index contributed by atoms with van der Waals surface area (Å²) in [5.41, 5.74) is 0. The first kappa shape index (κ1) is 23.5. The topological polar surface area (TPSA) is 107 Å². The number of aliphatic hydroxyl groups excluding tert-OH is 4. The van der Waals surface area contributed by atoms with Gasteiger partial charge in [-0.3, -0.25) is 0 Å². The molecule has 0 heterocycles. The fourth-order valence-corrected chi connectivity index (χ4v) is 2.56. The molecular weight excluding hydrogens is 312 g/mol. The van der Waals surface area contributed by atoms with Gasteiger partial charge in [-0.1, -0.05) is 64.7 Å². The maximum atomic E-state index is 10.9. The molecule has 0 aliphatic rings. The molecule has 0 radical (unpaired) electrons. The number of aldehydes is 1. The van der Waals surface area contributed by atoms with Crippen LogP contribution in [-0.2, 0) is 9.53 Å². The number of unbranched alkanes of at least 4 members (excludes halogenated alkanes) is 9. The lowest BCUT2D eigenvalue weighted by atomic mass is 10.0. The highest BCUT2D eigenvalue weighted by molar-refractivity contribution is 5.57. The number of ether oxygens (including phenoxy) is 1. The summed E-state index contributed by atoms with van der Waals surface area (Å²) in [6, 6.07) is 0. The van der Waals surface area contributed by atoms with Gasteiger partial charge in [0.05, 0.1) is 6.61 Å². The van der Waals surface area contributed by atoms with Crippen LogP contribution in [0.5, 0.6) is 0 Å². The lowest BCUT2D eigenvalue weighted by molar-refractivity contribution is -0.146. The van der Waals surface area contributed by atoms with Crippen molar-refractivity contribution in [3.05, 3.63) is 0 Å². The Kier molecular flexibility index (Phi) is 15.6. The molecule has 0 aromatic heterocycles. The zero-order valence-corrected chi connectivity index (χ0v) is 15.0. The van der Waals surface area contributed by atoms with Crippen LogP contribution in [-0.4, -0.2) is 64.3 Å². The number of carbonyl (C=O) groups excluding carboxylic acids is 1. The van der Waals surface area contributed by atoms with Gasteiger partial charge in [0, 0.05) is 6.61 Å². The number of carbonyl (C=O) groups is 1. The minimum absolute atomic E-state index is 0.318. The molecule has 0 aromatic rings. The summed E-state index contributed by atoms with van der Waals surface area (Å²) >= 11 is 0. The summed E-state index contributed by atoms with van der Waals surface area (Å²) in [6.45, 7) is 1.84. The molecule has 0 spiro atoms. The van der Waals surface area contributed by atoms with Crippen LogP contribution in [0.25, 0.3) is 0 Å². The van der Waals surface area contributed by atoms with E-state index in [0.717, 1.165) is 19.3 Å². The van der Waals surface area contributed by atoms with Crippen molar-refractivity contribution in [3.63, 3.8) is 0 Å². The molecule has 0 saturated heterocycles. The Morgan fingerprint density at radius 3 is 1.79 bits per heavy atom. The molecule has 0 aliphatic heterocycles. The van der Waals surface area contributed by atoms with E-state index >= 15 is 0 Å². The Bertz CT molecular complexity index is 287. The zero-order valence-electron chi connectivity index (χ0n) is 15.0. The summed E-state index contributed by atoms with van der Waals surface area (Å²) in [6.07, 6.45) is 6.45. The van der Waals surface area contributed by atoms with Gasteiger partial charge in [-0.05, 0) is 6.42 Å². The molecule has 0 aliphatic carbocycles. The van der Waals surface area contributed by atoms with Crippen molar-refractivity contribution < 1.29 is 30.0 Å². The van der Waals surface area contributed by atoms with Crippen LogP contribution >= 0.6 is 0 Å². The monoisotopic (exact) mass is 348 g/mol. The highest BCUT2D eigenvalue weighted by atomic mass is 16.5. The number of rotatable bonds is 17. The molecule has 24 heavy (non-hydrogen) atoms. The van der Waals surface area contributed by atoms with Gasteiger partial charge in [-0.15, -0.1) is 0 Å². The lowest BCUT2D eigenvalue weighted by Gasteiger charge is -2.25. The average Bonchev–Trinajstić information content (AvgIpc) is 2.61. The second-order valence-corrected chi connectivity index (χ2v) is 6.38. The van der Waals surface area contributed by atoms with Gasteiger partial charge < -0.3 is 30.0 Å². The van der Waals surface area contributed by atoms with Crippen molar-refractivity contribution in [1.29, 1.82) is 0 Å². The van der Waals surface area contributed by atoms with Crippen molar-refractivity contribution in [2.24, 2.45) is 0 Å². The summed E-state index contributed by atoms with van der Waals surface area (Å²) in [4.78, 5) is 10.9. The predicted octanol–water partition coefficient (Wildman–Crippen LogP) is 1.57. The lowest BCUT2D eigenvalue weighted by Crippen LogP contribution is -2.47. The Hall–Kier alpha value is -0.530. The van der Waals surface area contributed by atoms with E-state index in [1.165, 1.54) is 44.9 Å². The van der Waals surface area contributed by atoms with Crippen molar-refractivity contribution >= 4 is 6.29 Å². The number of hydrogen-bond donors (Lipinski definition) is 4. The molecule has 0 aromatic carbocycles. The van der Waals surface area contributed by atoms with E-state index in [2.05, 4.69) is 6.92 Å². The third-order valence-electron chi connectivity index (χ3n) is 4.21. The molecule has 6 heteroatoms. The van der Waals surface area contributed by atoms with Gasteiger partial charge in [0.25, 0.3) is 0 Å². The molecule has 0 rings (SSSR count). The van der Waals surface area contributed by atoms with Crippen LogP contribution < -0.4 is 0 Å². The van der Waals surface area contributed by atoms with Crippen LogP contribution in [0.15, 0.2) is 0 Å². The van der Waals surface area contributed by atoms with Crippen molar-refractivity contribution in [2.45, 2.75) is 95.5 Å². The van der Waals surface area contributed by atoms with Crippen LogP contribution in [0.3, 0.4) is 0 Å². The quantitative estimate of drug-likeness (QED) is 0.235. The summed E-state index contributed by atoms with van der Waals surface area (Å²) in [5.74, 6) is 0. The number of hydrogen-bond acceptors (Lipinski definition) is 6. The molecule has 0 saturated carbocycles. The molecule has 4 N–H and O–H groups in total. The molecule has 0 amide bonds. The standard InChI is InChI=1S/C18H36O6/c1-2-3-4-5-6-7-8-9-10-11-12-24-16(14-20)18(23)17(22)15(21)13-19/h14-19,21-23H,2-13H2,1H3/t15-,16-,17-,18-/m1/s1. The molecule has 0 bridgehead atoms.